The number of benzene rings is 2. The van der Waals surface area contributed by atoms with Gasteiger partial charge in [-0.15, -0.1) is 0 Å². The average Bonchev–Trinajstić information content (AvgIpc) is 3.43. The van der Waals surface area contributed by atoms with Crippen molar-refractivity contribution in [2.24, 2.45) is 0 Å². The number of carbonyl (C=O) groups is 2. The zero-order chi connectivity index (χ0) is 25.1. The van der Waals surface area contributed by atoms with Crippen molar-refractivity contribution in [3.05, 3.63) is 69.7 Å². The number of unbranched alkanes of at least 4 members (excludes halogenated alkanes) is 1. The van der Waals surface area contributed by atoms with Crippen molar-refractivity contribution in [1.29, 1.82) is 0 Å². The Balaban J connectivity index is 0.000000260. The van der Waals surface area contributed by atoms with Crippen molar-refractivity contribution >= 4 is 35.0 Å². The van der Waals surface area contributed by atoms with Gasteiger partial charge < -0.3 is 10.2 Å². The summed E-state index contributed by atoms with van der Waals surface area (Å²) in [5, 5.41) is 4.63. The van der Waals surface area contributed by atoms with E-state index in [2.05, 4.69) is 26.1 Å². The number of hydrogen-bond acceptors (Lipinski definition) is 2. The largest absolute Gasteiger partial charge is 0.328 e. The summed E-state index contributed by atoms with van der Waals surface area (Å²) in [4.78, 5) is 25.8. The lowest BCUT2D eigenvalue weighted by Crippen LogP contribution is -2.48. The van der Waals surface area contributed by atoms with Gasteiger partial charge in [0.1, 0.15) is 0 Å². The fourth-order valence-corrected chi connectivity index (χ4v) is 4.06. The molecule has 186 valence electrons. The quantitative estimate of drug-likeness (QED) is 0.451. The average molecular weight is 506 g/mol. The Morgan fingerprint density at radius 3 is 1.91 bits per heavy atom. The van der Waals surface area contributed by atoms with Gasteiger partial charge in [-0.2, -0.15) is 0 Å². The van der Waals surface area contributed by atoms with Gasteiger partial charge in [0.25, 0.3) is 0 Å². The molecular weight excluding hydrogens is 467 g/mol. The van der Waals surface area contributed by atoms with Crippen LogP contribution >= 0.6 is 23.2 Å². The number of urea groups is 1. The van der Waals surface area contributed by atoms with Crippen LogP contribution in [0.1, 0.15) is 77.3 Å². The van der Waals surface area contributed by atoms with Gasteiger partial charge in [-0.05, 0) is 74.4 Å². The van der Waals surface area contributed by atoms with E-state index < -0.39 is 0 Å². The summed E-state index contributed by atoms with van der Waals surface area (Å²) in [5.41, 5.74) is 2.14. The molecule has 1 saturated heterocycles. The van der Waals surface area contributed by atoms with E-state index in [0.29, 0.717) is 11.6 Å². The third kappa shape index (κ3) is 8.32. The molecule has 2 fully saturated rings. The number of carbonyl (C=O) groups excluding carboxylic acids is 2. The van der Waals surface area contributed by atoms with E-state index in [1.54, 1.807) is 11.8 Å². The molecule has 4 rings (SSSR count). The molecule has 4 nitrogen and oxygen atoms in total. The minimum absolute atomic E-state index is 0.0685. The SMILES string of the molecule is CC(=O)[C@H]1CCCN1C(=O)NC1(c2ccc(Cl)cc2)CC1.CCCC.CCc1ccc(Cl)cc1. The Hall–Kier alpha value is -2.04. The van der Waals surface area contributed by atoms with E-state index in [9.17, 15) is 9.59 Å². The fourth-order valence-electron chi connectivity index (χ4n) is 3.81. The Labute approximate surface area is 215 Å². The molecule has 0 radical (unpaired) electrons. The standard InChI is InChI=1S/C16H19ClN2O2.C8H9Cl.C4H10/c1-11(20)14-3-2-10-19(14)15(21)18-16(8-9-16)12-4-6-13(17)7-5-12;1-2-7-3-5-8(9)6-4-7;1-3-4-2/h4-7,14H,2-3,8-10H2,1H3,(H,18,21);3-6H,2H2,1H3;3-4H2,1-2H3/t14-;;/m1../s1. The minimum atomic E-state index is -0.272. The number of hydrogen-bond donors (Lipinski definition) is 1. The Bertz CT molecular complexity index is 907. The highest BCUT2D eigenvalue weighted by atomic mass is 35.5. The topological polar surface area (TPSA) is 49.4 Å². The monoisotopic (exact) mass is 504 g/mol. The van der Waals surface area contributed by atoms with Gasteiger partial charge in [-0.1, -0.05) is 81.1 Å². The van der Waals surface area contributed by atoms with Crippen molar-refractivity contribution in [2.75, 3.05) is 6.54 Å². The van der Waals surface area contributed by atoms with Crippen LogP contribution in [-0.2, 0) is 16.8 Å². The minimum Gasteiger partial charge on any atom is -0.328 e. The summed E-state index contributed by atoms with van der Waals surface area (Å²) in [6.45, 7) is 8.71. The first-order chi connectivity index (χ1) is 16.3. The molecule has 34 heavy (non-hydrogen) atoms. The zero-order valence-electron chi connectivity index (χ0n) is 20.9. The highest BCUT2D eigenvalue weighted by molar-refractivity contribution is 6.30. The maximum atomic E-state index is 12.5. The molecular formula is C28H38Cl2N2O2. The van der Waals surface area contributed by atoms with Crippen LogP contribution in [0.25, 0.3) is 0 Å². The van der Waals surface area contributed by atoms with Gasteiger partial charge in [0.05, 0.1) is 11.6 Å². The van der Waals surface area contributed by atoms with Crippen molar-refractivity contribution in [3.63, 3.8) is 0 Å². The highest BCUT2D eigenvalue weighted by Crippen LogP contribution is 2.46. The van der Waals surface area contributed by atoms with Crippen molar-refractivity contribution in [1.82, 2.24) is 10.2 Å². The molecule has 2 amide bonds. The molecule has 1 atom stereocenters. The lowest BCUT2D eigenvalue weighted by molar-refractivity contribution is -0.120. The van der Waals surface area contributed by atoms with Crippen molar-refractivity contribution in [3.8, 4) is 0 Å². The van der Waals surface area contributed by atoms with Crippen LogP contribution in [0, 0.1) is 0 Å². The first-order valence-electron chi connectivity index (χ1n) is 12.4. The number of Topliss-reactive ketones (excluding diaryl/α,β-unsaturated/α-hetero) is 1. The van der Waals surface area contributed by atoms with Gasteiger partial charge in [0, 0.05) is 16.6 Å². The molecule has 2 aliphatic rings. The van der Waals surface area contributed by atoms with E-state index in [-0.39, 0.29) is 23.4 Å². The van der Waals surface area contributed by atoms with E-state index in [0.717, 1.165) is 42.7 Å². The lowest BCUT2D eigenvalue weighted by atomic mass is 10.1. The summed E-state index contributed by atoms with van der Waals surface area (Å²) < 4.78 is 0. The second-order valence-electron chi connectivity index (χ2n) is 8.96. The first kappa shape index (κ1) is 28.2. The third-order valence-electron chi connectivity index (χ3n) is 6.30. The number of likely N-dealkylation sites (tertiary alicyclic amines) is 1. The molecule has 0 unspecified atom stereocenters. The van der Waals surface area contributed by atoms with Gasteiger partial charge in [0.15, 0.2) is 5.78 Å². The number of nitrogens with one attached hydrogen (secondary N) is 1. The molecule has 1 aliphatic heterocycles. The zero-order valence-corrected chi connectivity index (χ0v) is 22.4. The molecule has 2 aromatic rings. The number of nitrogens with zero attached hydrogens (tertiary/aromatic N) is 1. The molecule has 2 aromatic carbocycles. The van der Waals surface area contributed by atoms with Crippen LogP contribution in [0.5, 0.6) is 0 Å². The van der Waals surface area contributed by atoms with E-state index >= 15 is 0 Å². The van der Waals surface area contributed by atoms with E-state index in [1.165, 1.54) is 18.4 Å². The highest BCUT2D eigenvalue weighted by Gasteiger charge is 2.47. The van der Waals surface area contributed by atoms with Crippen LogP contribution < -0.4 is 5.32 Å². The van der Waals surface area contributed by atoms with Crippen LogP contribution in [0.2, 0.25) is 10.0 Å². The molecule has 0 spiro atoms. The number of amides is 2. The Kier molecular flexibility index (Phi) is 11.4. The summed E-state index contributed by atoms with van der Waals surface area (Å²) >= 11 is 11.6. The maximum absolute atomic E-state index is 12.5. The van der Waals surface area contributed by atoms with E-state index in [4.69, 9.17) is 23.2 Å². The number of rotatable bonds is 5. The number of aryl methyl sites for hydroxylation is 1. The van der Waals surface area contributed by atoms with Crippen LogP contribution in [0.15, 0.2) is 48.5 Å². The summed E-state index contributed by atoms with van der Waals surface area (Å²) in [6.07, 6.45) is 7.25. The smallest absolute Gasteiger partial charge is 0.318 e. The predicted molar refractivity (Wildman–Crippen MR) is 143 cm³/mol. The van der Waals surface area contributed by atoms with Gasteiger partial charge in [-0.25, -0.2) is 4.79 Å². The third-order valence-corrected chi connectivity index (χ3v) is 6.80. The normalized spacial score (nSPS) is 17.6. The van der Waals surface area contributed by atoms with Crippen LogP contribution in [0.3, 0.4) is 0 Å². The van der Waals surface area contributed by atoms with Crippen LogP contribution in [-0.4, -0.2) is 29.3 Å². The summed E-state index contributed by atoms with van der Waals surface area (Å²) in [6, 6.07) is 15.1. The molecule has 1 saturated carbocycles. The Morgan fingerprint density at radius 2 is 1.47 bits per heavy atom. The van der Waals surface area contributed by atoms with Crippen molar-refractivity contribution in [2.45, 2.75) is 84.2 Å². The van der Waals surface area contributed by atoms with Gasteiger partial charge >= 0.3 is 6.03 Å². The first-order valence-corrected chi connectivity index (χ1v) is 13.1. The Morgan fingerprint density at radius 1 is 0.941 bits per heavy atom. The molecule has 1 N–H and O–H groups in total. The number of ketones is 1. The van der Waals surface area contributed by atoms with Gasteiger partial charge in [-0.3, -0.25) is 4.79 Å². The summed E-state index contributed by atoms with van der Waals surface area (Å²) in [5.74, 6) is 0.0685. The predicted octanol–water partition coefficient (Wildman–Crippen LogP) is 7.80. The molecule has 0 aromatic heterocycles. The molecule has 6 heteroatoms. The van der Waals surface area contributed by atoms with E-state index in [1.807, 2.05) is 48.5 Å². The van der Waals surface area contributed by atoms with Gasteiger partial charge in [0.2, 0.25) is 0 Å². The maximum Gasteiger partial charge on any atom is 0.318 e. The molecule has 1 aliphatic carbocycles. The fraction of sp³-hybridized carbons (Fsp3) is 0.500. The molecule has 1 heterocycles. The second-order valence-corrected chi connectivity index (χ2v) is 9.83. The second kappa shape index (κ2) is 13.7. The number of halogens is 2. The summed E-state index contributed by atoms with van der Waals surface area (Å²) in [7, 11) is 0. The van der Waals surface area contributed by atoms with Crippen LogP contribution in [0.4, 0.5) is 4.79 Å². The lowest BCUT2D eigenvalue weighted by Gasteiger charge is -2.27. The van der Waals surface area contributed by atoms with Crippen molar-refractivity contribution < 1.29 is 9.59 Å². The molecule has 0 bridgehead atoms.